The van der Waals surface area contributed by atoms with Gasteiger partial charge in [-0.3, -0.25) is 0 Å². The Kier molecular flexibility index (Phi) is 3.76. The van der Waals surface area contributed by atoms with Gasteiger partial charge >= 0.3 is 0 Å². The van der Waals surface area contributed by atoms with Crippen molar-refractivity contribution in [3.05, 3.63) is 27.2 Å². The van der Waals surface area contributed by atoms with Gasteiger partial charge in [0.25, 0.3) is 0 Å². The molecule has 0 aromatic heterocycles. The summed E-state index contributed by atoms with van der Waals surface area (Å²) in [5, 5.41) is 18.6. The van der Waals surface area contributed by atoms with Crippen molar-refractivity contribution in [3.8, 4) is 11.8 Å². The van der Waals surface area contributed by atoms with Gasteiger partial charge in [0.15, 0.2) is 0 Å². The summed E-state index contributed by atoms with van der Waals surface area (Å²) in [7, 11) is 0. The first-order valence-corrected chi connectivity index (χ1v) is 5.03. The number of nitrogens with zero attached hydrogens (tertiary/aromatic N) is 1. The van der Waals surface area contributed by atoms with Crippen molar-refractivity contribution in [3.63, 3.8) is 0 Å². The van der Waals surface area contributed by atoms with Crippen molar-refractivity contribution >= 4 is 27.5 Å². The number of nitrogens with two attached hydrogens (primary N) is 1. The summed E-state index contributed by atoms with van der Waals surface area (Å²) < 4.78 is 0.480. The van der Waals surface area contributed by atoms with E-state index in [9.17, 15) is 5.11 Å². The fourth-order valence-corrected chi connectivity index (χ4v) is 1.91. The normalized spacial score (nSPS) is 12.1. The number of nitriles is 1. The summed E-state index contributed by atoms with van der Waals surface area (Å²) >= 11 is 8.93. The maximum atomic E-state index is 9.62. The zero-order chi connectivity index (χ0) is 10.7. The molecule has 1 atom stereocenters. The van der Waals surface area contributed by atoms with E-state index in [4.69, 9.17) is 22.6 Å². The number of phenols is 1. The number of halogens is 2. The van der Waals surface area contributed by atoms with Gasteiger partial charge in [-0.25, -0.2) is 0 Å². The van der Waals surface area contributed by atoms with E-state index in [0.29, 0.717) is 15.1 Å². The zero-order valence-electron chi connectivity index (χ0n) is 7.17. The number of hydrogen-bond acceptors (Lipinski definition) is 3. The Morgan fingerprint density at radius 3 is 2.86 bits per heavy atom. The summed E-state index contributed by atoms with van der Waals surface area (Å²) in [4.78, 5) is 0. The third-order valence-electron chi connectivity index (χ3n) is 1.77. The Bertz CT molecular complexity index is 389. The van der Waals surface area contributed by atoms with E-state index in [2.05, 4.69) is 15.9 Å². The fraction of sp³-hybridized carbons (Fsp3) is 0.222. The fourth-order valence-electron chi connectivity index (χ4n) is 1.08. The predicted molar refractivity (Wildman–Crippen MR) is 58.0 cm³/mol. The highest BCUT2D eigenvalue weighted by Gasteiger charge is 2.14. The highest BCUT2D eigenvalue weighted by molar-refractivity contribution is 9.10. The summed E-state index contributed by atoms with van der Waals surface area (Å²) in [6, 6.07) is 4.55. The van der Waals surface area contributed by atoms with Crippen LogP contribution in [-0.2, 0) is 0 Å². The Labute approximate surface area is 95.2 Å². The molecule has 0 saturated heterocycles. The van der Waals surface area contributed by atoms with Crippen LogP contribution >= 0.6 is 27.5 Å². The van der Waals surface area contributed by atoms with Crippen LogP contribution in [0.1, 0.15) is 18.0 Å². The van der Waals surface area contributed by atoms with Crippen LogP contribution in [0.2, 0.25) is 5.02 Å². The Hall–Kier alpha value is -0.760. The molecule has 0 bridgehead atoms. The number of hydrogen-bond donors (Lipinski definition) is 2. The molecule has 0 aliphatic heterocycles. The first-order chi connectivity index (χ1) is 6.56. The van der Waals surface area contributed by atoms with E-state index in [1.54, 1.807) is 12.1 Å². The second-order valence-electron chi connectivity index (χ2n) is 2.79. The number of rotatable bonds is 2. The minimum atomic E-state index is -0.519. The lowest BCUT2D eigenvalue weighted by Gasteiger charge is -2.11. The van der Waals surface area contributed by atoms with Crippen molar-refractivity contribution in [2.45, 2.75) is 12.5 Å². The van der Waals surface area contributed by atoms with Crippen molar-refractivity contribution in [2.75, 3.05) is 0 Å². The molecule has 14 heavy (non-hydrogen) atoms. The number of aromatic hydroxyl groups is 1. The highest BCUT2D eigenvalue weighted by Crippen LogP contribution is 2.35. The number of phenolic OH excluding ortho intramolecular Hbond substituents is 1. The molecule has 0 spiro atoms. The van der Waals surface area contributed by atoms with Gasteiger partial charge in [-0.15, -0.1) is 0 Å². The predicted octanol–water partition coefficient (Wildman–Crippen LogP) is 2.72. The molecule has 0 aliphatic carbocycles. The van der Waals surface area contributed by atoms with Crippen LogP contribution in [0, 0.1) is 11.3 Å². The van der Waals surface area contributed by atoms with E-state index in [0.717, 1.165) is 0 Å². The minimum Gasteiger partial charge on any atom is -0.506 e. The second kappa shape index (κ2) is 4.65. The van der Waals surface area contributed by atoms with E-state index >= 15 is 0 Å². The largest absolute Gasteiger partial charge is 0.506 e. The molecule has 1 aromatic carbocycles. The van der Waals surface area contributed by atoms with Crippen LogP contribution in [0.15, 0.2) is 16.6 Å². The van der Waals surface area contributed by atoms with Crippen LogP contribution in [0.4, 0.5) is 0 Å². The first-order valence-electron chi connectivity index (χ1n) is 3.86. The average Bonchev–Trinajstić information content (AvgIpc) is 2.11. The smallest absolute Gasteiger partial charge is 0.134 e. The van der Waals surface area contributed by atoms with Crippen LogP contribution < -0.4 is 5.73 Å². The van der Waals surface area contributed by atoms with Gasteiger partial charge in [0, 0.05) is 16.6 Å². The zero-order valence-corrected chi connectivity index (χ0v) is 9.51. The molecule has 0 saturated carbocycles. The van der Waals surface area contributed by atoms with Crippen LogP contribution in [-0.4, -0.2) is 5.11 Å². The van der Waals surface area contributed by atoms with Gasteiger partial charge in [-0.2, -0.15) is 5.26 Å². The molecular formula is C9H8BrClN2O. The van der Waals surface area contributed by atoms with Crippen LogP contribution in [0.25, 0.3) is 0 Å². The molecule has 0 amide bonds. The van der Waals surface area contributed by atoms with Gasteiger partial charge in [0.1, 0.15) is 5.75 Å². The second-order valence-corrected chi connectivity index (χ2v) is 4.08. The van der Waals surface area contributed by atoms with Gasteiger partial charge in [0.05, 0.1) is 17.0 Å². The molecule has 3 N–H and O–H groups in total. The van der Waals surface area contributed by atoms with Gasteiger partial charge in [-0.05, 0) is 28.1 Å². The lowest BCUT2D eigenvalue weighted by molar-refractivity contribution is 0.458. The lowest BCUT2D eigenvalue weighted by atomic mass is 10.0. The Balaban J connectivity index is 3.14. The highest BCUT2D eigenvalue weighted by atomic mass is 79.9. The van der Waals surface area contributed by atoms with E-state index in [1.165, 1.54) is 0 Å². The van der Waals surface area contributed by atoms with Crippen LogP contribution in [0.5, 0.6) is 5.75 Å². The van der Waals surface area contributed by atoms with Crippen molar-refractivity contribution in [1.82, 2.24) is 0 Å². The summed E-state index contributed by atoms with van der Waals surface area (Å²) in [5.74, 6) is 0.0390. The summed E-state index contributed by atoms with van der Waals surface area (Å²) in [6.45, 7) is 0. The third-order valence-corrected chi connectivity index (χ3v) is 2.59. The molecule has 1 aromatic rings. The van der Waals surface area contributed by atoms with Crippen LogP contribution in [0.3, 0.4) is 0 Å². The third kappa shape index (κ3) is 2.38. The molecule has 0 radical (unpaired) electrons. The van der Waals surface area contributed by atoms with Gasteiger partial charge < -0.3 is 10.8 Å². The molecule has 5 heteroatoms. The Morgan fingerprint density at radius 1 is 1.64 bits per heavy atom. The molecule has 0 aliphatic rings. The first kappa shape index (κ1) is 11.3. The summed E-state index contributed by atoms with van der Waals surface area (Å²) in [6.07, 6.45) is 0.139. The quantitative estimate of drug-likeness (QED) is 0.872. The molecule has 0 fully saturated rings. The van der Waals surface area contributed by atoms with E-state index in [-0.39, 0.29) is 12.2 Å². The van der Waals surface area contributed by atoms with Crippen molar-refractivity contribution < 1.29 is 5.11 Å². The van der Waals surface area contributed by atoms with Gasteiger partial charge in [-0.1, -0.05) is 11.6 Å². The lowest BCUT2D eigenvalue weighted by Crippen LogP contribution is -2.09. The SMILES string of the molecule is N#CC[C@@H](N)c1cc(Cl)cc(Br)c1O. The monoisotopic (exact) mass is 274 g/mol. The summed E-state index contributed by atoms with van der Waals surface area (Å²) in [5.41, 5.74) is 6.16. The maximum absolute atomic E-state index is 9.62. The van der Waals surface area contributed by atoms with Gasteiger partial charge in [0.2, 0.25) is 0 Å². The Morgan fingerprint density at radius 2 is 2.29 bits per heavy atom. The average molecular weight is 276 g/mol. The molecule has 0 heterocycles. The maximum Gasteiger partial charge on any atom is 0.134 e. The minimum absolute atomic E-state index is 0.0390. The number of benzene rings is 1. The molecule has 0 unspecified atom stereocenters. The van der Waals surface area contributed by atoms with Crippen molar-refractivity contribution in [1.29, 1.82) is 5.26 Å². The van der Waals surface area contributed by atoms with E-state index < -0.39 is 6.04 Å². The topological polar surface area (TPSA) is 70.0 Å². The van der Waals surface area contributed by atoms with Crippen molar-refractivity contribution in [2.24, 2.45) is 5.73 Å². The molecule has 1 rings (SSSR count). The molecule has 3 nitrogen and oxygen atoms in total. The molecular weight excluding hydrogens is 267 g/mol. The molecule has 74 valence electrons. The van der Waals surface area contributed by atoms with E-state index in [1.807, 2.05) is 6.07 Å². The standard InChI is InChI=1S/C9H8BrClN2O/c10-7-4-5(11)3-6(9(7)14)8(13)1-2-12/h3-4,8,14H,1,13H2/t8-/m1/s1.